The summed E-state index contributed by atoms with van der Waals surface area (Å²) in [5, 5.41) is 0. The molecule has 162 valence electrons. The van der Waals surface area contributed by atoms with Crippen LogP contribution in [0.25, 0.3) is 0 Å². The van der Waals surface area contributed by atoms with Crippen LogP contribution in [0.1, 0.15) is 82.8 Å². The number of hydrogen-bond acceptors (Lipinski definition) is 2. The molecule has 2 unspecified atom stereocenters. The Balaban J connectivity index is 0.000000595. The molecular weight excluding hydrogens is 354 g/mol. The summed E-state index contributed by atoms with van der Waals surface area (Å²) in [5.74, 6) is 1.20. The van der Waals surface area contributed by atoms with Gasteiger partial charge in [0.25, 0.3) is 0 Å². The summed E-state index contributed by atoms with van der Waals surface area (Å²) in [7, 11) is 1.50. The van der Waals surface area contributed by atoms with Gasteiger partial charge in [0.05, 0.1) is 0 Å². The van der Waals surface area contributed by atoms with Crippen LogP contribution in [0.5, 0.6) is 0 Å². The molecule has 2 aromatic carbocycles. The molecule has 0 aliphatic rings. The number of unbranched alkanes of at least 4 members (excludes halogenated alkanes) is 2. The average Bonchev–Trinajstić information content (AvgIpc) is 2.78. The van der Waals surface area contributed by atoms with Crippen LogP contribution in [-0.4, -0.2) is 13.3 Å². The van der Waals surface area contributed by atoms with Crippen LogP contribution in [0.4, 0.5) is 0 Å². The minimum atomic E-state index is 0.535. The first-order chi connectivity index (χ1) is 14.2. The highest BCUT2D eigenvalue weighted by Crippen LogP contribution is 2.32. The van der Waals surface area contributed by atoms with Gasteiger partial charge in [-0.15, -0.1) is 0 Å². The summed E-state index contributed by atoms with van der Waals surface area (Å²) in [4.78, 5) is 10.6. The van der Waals surface area contributed by atoms with Crippen molar-refractivity contribution in [3.63, 3.8) is 0 Å². The van der Waals surface area contributed by atoms with Crippen molar-refractivity contribution in [1.82, 2.24) is 0 Å². The van der Waals surface area contributed by atoms with Crippen LogP contribution in [0, 0.1) is 5.92 Å². The van der Waals surface area contributed by atoms with E-state index in [9.17, 15) is 4.79 Å². The number of nitrogens with two attached hydrogens (primary N) is 1. The van der Waals surface area contributed by atoms with Gasteiger partial charge in [0, 0.05) is 6.42 Å². The fourth-order valence-corrected chi connectivity index (χ4v) is 3.58. The van der Waals surface area contributed by atoms with Crippen LogP contribution in [0.3, 0.4) is 0 Å². The van der Waals surface area contributed by atoms with Gasteiger partial charge in [0.1, 0.15) is 6.29 Å². The summed E-state index contributed by atoms with van der Waals surface area (Å²) in [6, 6.07) is 21.2. The van der Waals surface area contributed by atoms with Gasteiger partial charge < -0.3 is 10.5 Å². The molecule has 0 heterocycles. The molecule has 29 heavy (non-hydrogen) atoms. The lowest BCUT2D eigenvalue weighted by atomic mass is 9.81. The van der Waals surface area contributed by atoms with Crippen molar-refractivity contribution in [3.8, 4) is 0 Å². The highest BCUT2D eigenvalue weighted by Gasteiger charge is 2.18. The normalized spacial score (nSPS) is 11.9. The summed E-state index contributed by atoms with van der Waals surface area (Å²) in [6.07, 6.45) is 10.3. The Hall–Kier alpha value is -1.93. The minimum Gasteiger partial charge on any atom is -0.333 e. The van der Waals surface area contributed by atoms with Gasteiger partial charge >= 0.3 is 0 Å². The van der Waals surface area contributed by atoms with Gasteiger partial charge in [-0.05, 0) is 42.9 Å². The fourth-order valence-electron chi connectivity index (χ4n) is 3.58. The summed E-state index contributed by atoms with van der Waals surface area (Å²) in [5.41, 5.74) is 7.34. The lowest BCUT2D eigenvalue weighted by molar-refractivity contribution is -0.108. The predicted octanol–water partition coefficient (Wildman–Crippen LogP) is 7.18. The molecule has 2 rings (SSSR count). The molecule has 0 bridgehead atoms. The molecule has 2 heteroatoms. The van der Waals surface area contributed by atoms with Crippen molar-refractivity contribution in [1.29, 1.82) is 0 Å². The third-order valence-corrected chi connectivity index (χ3v) is 5.15. The molecule has 2 atom stereocenters. The average molecular weight is 398 g/mol. The largest absolute Gasteiger partial charge is 0.333 e. The third-order valence-electron chi connectivity index (χ3n) is 5.15. The molecule has 2 aromatic rings. The Labute approximate surface area is 179 Å². The van der Waals surface area contributed by atoms with Crippen molar-refractivity contribution in [2.24, 2.45) is 11.7 Å². The molecule has 0 spiro atoms. The maximum atomic E-state index is 10.6. The van der Waals surface area contributed by atoms with E-state index >= 15 is 0 Å². The first kappa shape index (κ1) is 27.1. The van der Waals surface area contributed by atoms with Crippen molar-refractivity contribution in [2.75, 3.05) is 7.05 Å². The Kier molecular flexibility index (Phi) is 18.1. The molecule has 0 aliphatic heterocycles. The second-order valence-electron chi connectivity index (χ2n) is 7.47. The van der Waals surface area contributed by atoms with Crippen LogP contribution in [0.15, 0.2) is 60.7 Å². The first-order valence-corrected chi connectivity index (χ1v) is 11.3. The highest BCUT2D eigenvalue weighted by atomic mass is 16.1. The number of carbonyl (C=O) groups excluding carboxylic acids is 1. The molecular formula is C27H43NO. The van der Waals surface area contributed by atoms with E-state index in [-0.39, 0.29) is 0 Å². The first-order valence-electron chi connectivity index (χ1n) is 11.3. The molecule has 0 saturated heterocycles. The smallest absolute Gasteiger partial charge is 0.120 e. The molecule has 0 radical (unpaired) electrons. The van der Waals surface area contributed by atoms with Gasteiger partial charge in [0.15, 0.2) is 0 Å². The van der Waals surface area contributed by atoms with Crippen molar-refractivity contribution < 1.29 is 4.79 Å². The molecule has 2 N–H and O–H groups in total. The molecule has 2 nitrogen and oxygen atoms in total. The standard InChI is InChI=1S/C17H26O.C9H12.CH5N/c1-3-4-6-10-15(2)17(13-9-14-18)16-11-7-5-8-12-16;1-2-6-9-7-4-3-5-8-9;1-2/h5,7-8,11-12,14-15,17H,3-4,6,9-10,13H2,1-2H3;3-5,7-8H,2,6H2,1H3;2H2,1H3. The van der Waals surface area contributed by atoms with Crippen molar-refractivity contribution in [2.45, 2.75) is 78.1 Å². The van der Waals surface area contributed by atoms with E-state index in [1.54, 1.807) is 0 Å². The summed E-state index contributed by atoms with van der Waals surface area (Å²) >= 11 is 0. The topological polar surface area (TPSA) is 43.1 Å². The Morgan fingerprint density at radius 2 is 1.41 bits per heavy atom. The quantitative estimate of drug-likeness (QED) is 0.322. The van der Waals surface area contributed by atoms with E-state index in [1.165, 1.54) is 56.7 Å². The van der Waals surface area contributed by atoms with Crippen molar-refractivity contribution >= 4 is 6.29 Å². The third kappa shape index (κ3) is 13.0. The highest BCUT2D eigenvalue weighted by molar-refractivity contribution is 5.49. The summed E-state index contributed by atoms with van der Waals surface area (Å²) < 4.78 is 0. The second-order valence-corrected chi connectivity index (χ2v) is 7.47. The van der Waals surface area contributed by atoms with Gasteiger partial charge in [-0.1, -0.05) is 114 Å². The number of benzene rings is 2. The Morgan fingerprint density at radius 1 is 0.828 bits per heavy atom. The van der Waals surface area contributed by atoms with Gasteiger partial charge in [-0.25, -0.2) is 0 Å². The SMILES string of the molecule is CCCCCC(C)C(CCC=O)c1ccccc1.CCCc1ccccc1.CN. The van der Waals surface area contributed by atoms with E-state index in [1.807, 2.05) is 0 Å². The van der Waals surface area contributed by atoms with Crippen LogP contribution < -0.4 is 5.73 Å². The zero-order valence-electron chi connectivity index (χ0n) is 19.1. The monoisotopic (exact) mass is 397 g/mol. The van der Waals surface area contributed by atoms with E-state index in [2.05, 4.69) is 87.2 Å². The predicted molar refractivity (Wildman–Crippen MR) is 128 cm³/mol. The lowest BCUT2D eigenvalue weighted by Gasteiger charge is -2.24. The Bertz CT molecular complexity index is 582. The summed E-state index contributed by atoms with van der Waals surface area (Å²) in [6.45, 7) is 6.77. The van der Waals surface area contributed by atoms with E-state index in [4.69, 9.17) is 0 Å². The second kappa shape index (κ2) is 19.4. The molecule has 0 amide bonds. The number of aldehydes is 1. The zero-order chi connectivity index (χ0) is 21.7. The van der Waals surface area contributed by atoms with Crippen LogP contribution in [0.2, 0.25) is 0 Å². The maximum Gasteiger partial charge on any atom is 0.120 e. The Morgan fingerprint density at radius 3 is 1.93 bits per heavy atom. The number of rotatable bonds is 11. The van der Waals surface area contributed by atoms with E-state index in [0.29, 0.717) is 18.3 Å². The zero-order valence-corrected chi connectivity index (χ0v) is 19.1. The maximum absolute atomic E-state index is 10.6. The minimum absolute atomic E-state index is 0.535. The number of aryl methyl sites for hydroxylation is 1. The van der Waals surface area contributed by atoms with E-state index < -0.39 is 0 Å². The van der Waals surface area contributed by atoms with Crippen molar-refractivity contribution in [3.05, 3.63) is 71.8 Å². The van der Waals surface area contributed by atoms with Gasteiger partial charge in [-0.2, -0.15) is 0 Å². The van der Waals surface area contributed by atoms with Crippen LogP contribution >= 0.6 is 0 Å². The van der Waals surface area contributed by atoms with Gasteiger partial charge in [-0.3, -0.25) is 0 Å². The number of hydrogen-bond donors (Lipinski definition) is 1. The lowest BCUT2D eigenvalue weighted by Crippen LogP contribution is -2.10. The van der Waals surface area contributed by atoms with E-state index in [0.717, 1.165) is 12.7 Å². The molecule has 0 aromatic heterocycles. The molecule has 0 fully saturated rings. The number of carbonyl (C=O) groups is 1. The molecule has 0 saturated carbocycles. The fraction of sp³-hybridized carbons (Fsp3) is 0.519. The van der Waals surface area contributed by atoms with Crippen LogP contribution in [-0.2, 0) is 11.2 Å². The van der Waals surface area contributed by atoms with Gasteiger partial charge in [0.2, 0.25) is 0 Å². The molecule has 0 aliphatic carbocycles.